The van der Waals surface area contributed by atoms with Gasteiger partial charge < -0.3 is 10.3 Å². The molecule has 2 rings (SSSR count). The molecule has 0 spiro atoms. The third-order valence-corrected chi connectivity index (χ3v) is 2.25. The van der Waals surface area contributed by atoms with Gasteiger partial charge >= 0.3 is 0 Å². The van der Waals surface area contributed by atoms with Gasteiger partial charge in [-0.2, -0.15) is 0 Å². The minimum Gasteiger partial charge on any atom is -0.340 e. The van der Waals surface area contributed by atoms with Gasteiger partial charge in [0.2, 0.25) is 0 Å². The number of hydrogen-bond donors (Lipinski definition) is 2. The van der Waals surface area contributed by atoms with Crippen molar-refractivity contribution in [2.24, 2.45) is 0 Å². The van der Waals surface area contributed by atoms with Gasteiger partial charge in [-0.15, -0.1) is 0 Å². The molecule has 0 unspecified atom stereocenters. The highest BCUT2D eigenvalue weighted by molar-refractivity contribution is 5.70. The standard InChI is InChI=1S/C11H16N4/c1-3-6-12-7-10-14-9-5-4-8(2)13-11(9)15-10/h4-5,12H,3,6-7H2,1-2H3,(H,13,14,15). The monoisotopic (exact) mass is 204 g/mol. The quantitative estimate of drug-likeness (QED) is 0.746. The summed E-state index contributed by atoms with van der Waals surface area (Å²) in [6.45, 7) is 5.92. The Bertz CT molecular complexity index is 447. The van der Waals surface area contributed by atoms with Crippen LogP contribution in [0.2, 0.25) is 0 Å². The molecule has 2 N–H and O–H groups in total. The van der Waals surface area contributed by atoms with Crippen molar-refractivity contribution >= 4 is 11.2 Å². The van der Waals surface area contributed by atoms with Gasteiger partial charge in [-0.1, -0.05) is 6.92 Å². The lowest BCUT2D eigenvalue weighted by Gasteiger charge is -1.97. The predicted molar refractivity (Wildman–Crippen MR) is 60.6 cm³/mol. The Labute approximate surface area is 89.1 Å². The number of fused-ring (bicyclic) bond motifs is 1. The highest BCUT2D eigenvalue weighted by Crippen LogP contribution is 2.09. The van der Waals surface area contributed by atoms with Crippen LogP contribution in [0.15, 0.2) is 12.1 Å². The molecule has 0 radical (unpaired) electrons. The number of H-pyrrole nitrogens is 1. The highest BCUT2D eigenvalue weighted by Gasteiger charge is 2.02. The van der Waals surface area contributed by atoms with Gasteiger partial charge in [-0.25, -0.2) is 9.97 Å². The van der Waals surface area contributed by atoms with Gasteiger partial charge in [0, 0.05) is 5.69 Å². The van der Waals surface area contributed by atoms with E-state index < -0.39 is 0 Å². The number of imidazole rings is 1. The molecule has 80 valence electrons. The summed E-state index contributed by atoms with van der Waals surface area (Å²) in [5, 5.41) is 3.31. The maximum atomic E-state index is 4.42. The van der Waals surface area contributed by atoms with E-state index in [1.54, 1.807) is 0 Å². The van der Waals surface area contributed by atoms with E-state index in [0.717, 1.165) is 42.2 Å². The van der Waals surface area contributed by atoms with Crippen LogP contribution in [0.4, 0.5) is 0 Å². The Morgan fingerprint density at radius 2 is 2.20 bits per heavy atom. The van der Waals surface area contributed by atoms with Crippen molar-refractivity contribution in [1.82, 2.24) is 20.3 Å². The average Bonchev–Trinajstić information content (AvgIpc) is 2.60. The molecule has 2 aromatic rings. The lowest BCUT2D eigenvalue weighted by atomic mass is 10.4. The maximum absolute atomic E-state index is 4.42. The zero-order valence-electron chi connectivity index (χ0n) is 9.17. The van der Waals surface area contributed by atoms with Crippen molar-refractivity contribution in [2.75, 3.05) is 6.54 Å². The molecule has 0 aromatic carbocycles. The van der Waals surface area contributed by atoms with E-state index in [1.165, 1.54) is 0 Å². The highest BCUT2D eigenvalue weighted by atomic mass is 15.0. The molecule has 4 nitrogen and oxygen atoms in total. The number of rotatable bonds is 4. The third kappa shape index (κ3) is 2.33. The minimum atomic E-state index is 0.781. The molecule has 0 aliphatic carbocycles. The zero-order valence-corrected chi connectivity index (χ0v) is 9.17. The number of aryl methyl sites for hydroxylation is 1. The summed E-state index contributed by atoms with van der Waals surface area (Å²) < 4.78 is 0. The van der Waals surface area contributed by atoms with Crippen LogP contribution in [-0.2, 0) is 6.54 Å². The van der Waals surface area contributed by atoms with E-state index in [-0.39, 0.29) is 0 Å². The lowest BCUT2D eigenvalue weighted by Crippen LogP contribution is -2.14. The Hall–Kier alpha value is -1.42. The normalized spacial score (nSPS) is 11.1. The molecule has 4 heteroatoms. The molecular formula is C11H16N4. The lowest BCUT2D eigenvalue weighted by molar-refractivity contribution is 0.656. The van der Waals surface area contributed by atoms with Gasteiger partial charge in [0.05, 0.1) is 12.1 Å². The second-order valence-electron chi connectivity index (χ2n) is 3.68. The van der Waals surface area contributed by atoms with Crippen molar-refractivity contribution < 1.29 is 0 Å². The first-order chi connectivity index (χ1) is 7.29. The fraction of sp³-hybridized carbons (Fsp3) is 0.455. The van der Waals surface area contributed by atoms with Crippen LogP contribution in [0.5, 0.6) is 0 Å². The van der Waals surface area contributed by atoms with Crippen molar-refractivity contribution in [3.05, 3.63) is 23.7 Å². The van der Waals surface area contributed by atoms with Crippen LogP contribution in [0, 0.1) is 6.92 Å². The van der Waals surface area contributed by atoms with Crippen molar-refractivity contribution in [1.29, 1.82) is 0 Å². The predicted octanol–water partition coefficient (Wildman–Crippen LogP) is 1.77. The van der Waals surface area contributed by atoms with E-state index in [2.05, 4.69) is 27.2 Å². The second kappa shape index (κ2) is 4.40. The summed E-state index contributed by atoms with van der Waals surface area (Å²) in [6.07, 6.45) is 1.14. The van der Waals surface area contributed by atoms with Gasteiger partial charge in [0.15, 0.2) is 5.65 Å². The molecule has 0 fully saturated rings. The Morgan fingerprint density at radius 1 is 1.33 bits per heavy atom. The molecule has 0 saturated heterocycles. The topological polar surface area (TPSA) is 53.6 Å². The molecular weight excluding hydrogens is 188 g/mol. The molecule has 15 heavy (non-hydrogen) atoms. The number of nitrogens with one attached hydrogen (secondary N) is 2. The molecule has 0 amide bonds. The summed E-state index contributed by atoms with van der Waals surface area (Å²) in [6, 6.07) is 4.01. The number of nitrogens with zero attached hydrogens (tertiary/aromatic N) is 2. The first-order valence-corrected chi connectivity index (χ1v) is 5.32. The molecule has 2 heterocycles. The summed E-state index contributed by atoms with van der Waals surface area (Å²) in [7, 11) is 0. The molecule has 0 bridgehead atoms. The average molecular weight is 204 g/mol. The molecule has 0 saturated carbocycles. The largest absolute Gasteiger partial charge is 0.340 e. The zero-order chi connectivity index (χ0) is 10.7. The first kappa shape index (κ1) is 10.1. The van der Waals surface area contributed by atoms with Crippen molar-refractivity contribution in [3.8, 4) is 0 Å². The van der Waals surface area contributed by atoms with Crippen LogP contribution in [-0.4, -0.2) is 21.5 Å². The smallest absolute Gasteiger partial charge is 0.177 e. The number of aromatic nitrogens is 3. The SMILES string of the molecule is CCCNCc1nc2nc(C)ccc2[nH]1. The van der Waals surface area contributed by atoms with Gasteiger partial charge in [-0.05, 0) is 32.0 Å². The van der Waals surface area contributed by atoms with E-state index in [1.807, 2.05) is 19.1 Å². The van der Waals surface area contributed by atoms with Crippen LogP contribution >= 0.6 is 0 Å². The van der Waals surface area contributed by atoms with Crippen LogP contribution in [0.1, 0.15) is 24.9 Å². The van der Waals surface area contributed by atoms with E-state index in [4.69, 9.17) is 0 Å². The molecule has 0 atom stereocenters. The second-order valence-corrected chi connectivity index (χ2v) is 3.68. The van der Waals surface area contributed by atoms with Crippen LogP contribution < -0.4 is 5.32 Å². The molecule has 0 aliphatic rings. The van der Waals surface area contributed by atoms with Crippen LogP contribution in [0.25, 0.3) is 11.2 Å². The van der Waals surface area contributed by atoms with E-state index >= 15 is 0 Å². The van der Waals surface area contributed by atoms with E-state index in [9.17, 15) is 0 Å². The summed E-state index contributed by atoms with van der Waals surface area (Å²) in [5.41, 5.74) is 2.82. The van der Waals surface area contributed by atoms with Crippen molar-refractivity contribution in [2.45, 2.75) is 26.8 Å². The Balaban J connectivity index is 2.16. The summed E-state index contributed by atoms with van der Waals surface area (Å²) in [5.74, 6) is 0.955. The fourth-order valence-electron chi connectivity index (χ4n) is 1.50. The minimum absolute atomic E-state index is 0.781. The van der Waals surface area contributed by atoms with Gasteiger partial charge in [0.25, 0.3) is 0 Å². The van der Waals surface area contributed by atoms with Crippen LogP contribution in [0.3, 0.4) is 0 Å². The molecule has 0 aliphatic heterocycles. The first-order valence-electron chi connectivity index (χ1n) is 5.32. The van der Waals surface area contributed by atoms with Gasteiger partial charge in [0.1, 0.15) is 5.82 Å². The van der Waals surface area contributed by atoms with Gasteiger partial charge in [-0.3, -0.25) is 0 Å². The van der Waals surface area contributed by atoms with Crippen molar-refractivity contribution in [3.63, 3.8) is 0 Å². The number of hydrogen-bond acceptors (Lipinski definition) is 3. The summed E-state index contributed by atoms with van der Waals surface area (Å²) in [4.78, 5) is 12.0. The number of pyridine rings is 1. The fourth-order valence-corrected chi connectivity index (χ4v) is 1.50. The third-order valence-electron chi connectivity index (χ3n) is 2.25. The maximum Gasteiger partial charge on any atom is 0.177 e. The Morgan fingerprint density at radius 3 is 3.00 bits per heavy atom. The summed E-state index contributed by atoms with van der Waals surface area (Å²) >= 11 is 0. The number of aromatic amines is 1. The molecule has 2 aromatic heterocycles. The van der Waals surface area contributed by atoms with E-state index in [0.29, 0.717) is 0 Å². The Kier molecular flexibility index (Phi) is 2.97.